The highest BCUT2D eigenvalue weighted by Gasteiger charge is 2.37. The van der Waals surface area contributed by atoms with Crippen LogP contribution < -0.4 is 5.32 Å². The SMILES string of the molecule is CCC1(C(=O)Cc2cc(F)ccc2Br)CCNCC1. The van der Waals surface area contributed by atoms with Crippen LogP contribution in [-0.4, -0.2) is 18.9 Å². The first-order valence-corrected chi connectivity index (χ1v) is 7.55. The first-order chi connectivity index (χ1) is 9.07. The van der Waals surface area contributed by atoms with Crippen LogP contribution in [0.4, 0.5) is 4.39 Å². The molecule has 1 heterocycles. The second-order valence-electron chi connectivity index (χ2n) is 5.22. The summed E-state index contributed by atoms with van der Waals surface area (Å²) in [5, 5.41) is 3.29. The summed E-state index contributed by atoms with van der Waals surface area (Å²) in [7, 11) is 0. The van der Waals surface area contributed by atoms with E-state index in [1.807, 2.05) is 0 Å². The maximum absolute atomic E-state index is 13.3. The number of halogens is 2. The molecule has 4 heteroatoms. The molecule has 2 rings (SSSR count). The molecule has 0 aliphatic carbocycles. The van der Waals surface area contributed by atoms with Crippen molar-refractivity contribution in [2.24, 2.45) is 5.41 Å². The molecule has 0 aromatic heterocycles. The van der Waals surface area contributed by atoms with Crippen LogP contribution in [-0.2, 0) is 11.2 Å². The van der Waals surface area contributed by atoms with Crippen LogP contribution in [0.2, 0.25) is 0 Å². The van der Waals surface area contributed by atoms with E-state index in [0.717, 1.165) is 42.4 Å². The zero-order chi connectivity index (χ0) is 13.9. The van der Waals surface area contributed by atoms with Crippen LogP contribution in [0, 0.1) is 11.2 Å². The number of hydrogen-bond acceptors (Lipinski definition) is 2. The summed E-state index contributed by atoms with van der Waals surface area (Å²) in [5.74, 6) is -0.0512. The third-order valence-electron chi connectivity index (χ3n) is 4.19. The van der Waals surface area contributed by atoms with Crippen LogP contribution in [0.3, 0.4) is 0 Å². The minimum absolute atomic E-state index is 0.225. The maximum Gasteiger partial charge on any atom is 0.143 e. The first-order valence-electron chi connectivity index (χ1n) is 6.75. The number of Topliss-reactive ketones (excluding diaryl/α,β-unsaturated/α-hetero) is 1. The minimum Gasteiger partial charge on any atom is -0.317 e. The Bertz CT molecular complexity index is 469. The fourth-order valence-electron chi connectivity index (χ4n) is 2.77. The number of piperidine rings is 1. The Labute approximate surface area is 121 Å². The molecular formula is C15H19BrFNO. The summed E-state index contributed by atoms with van der Waals surface area (Å²) in [4.78, 5) is 12.6. The zero-order valence-corrected chi connectivity index (χ0v) is 12.7. The summed E-state index contributed by atoms with van der Waals surface area (Å²) in [6.07, 6.45) is 2.94. The average molecular weight is 328 g/mol. The second-order valence-corrected chi connectivity index (χ2v) is 6.07. The Morgan fingerprint density at radius 3 is 2.74 bits per heavy atom. The molecule has 0 saturated carbocycles. The Balaban J connectivity index is 2.17. The van der Waals surface area contributed by atoms with E-state index in [2.05, 4.69) is 28.2 Å². The molecule has 1 aromatic carbocycles. The van der Waals surface area contributed by atoms with Crippen molar-refractivity contribution in [3.05, 3.63) is 34.1 Å². The van der Waals surface area contributed by atoms with Crippen molar-refractivity contribution < 1.29 is 9.18 Å². The molecule has 104 valence electrons. The zero-order valence-electron chi connectivity index (χ0n) is 11.1. The van der Waals surface area contributed by atoms with Gasteiger partial charge in [0.1, 0.15) is 11.6 Å². The lowest BCUT2D eigenvalue weighted by molar-refractivity contribution is -0.129. The molecule has 1 aliphatic heterocycles. The summed E-state index contributed by atoms with van der Waals surface area (Å²) in [6, 6.07) is 4.52. The topological polar surface area (TPSA) is 29.1 Å². The summed E-state index contributed by atoms with van der Waals surface area (Å²) in [5.41, 5.74) is 0.521. The quantitative estimate of drug-likeness (QED) is 0.917. The third kappa shape index (κ3) is 3.23. The lowest BCUT2D eigenvalue weighted by atomic mass is 9.72. The number of nitrogens with one attached hydrogen (secondary N) is 1. The van der Waals surface area contributed by atoms with E-state index in [4.69, 9.17) is 0 Å². The fraction of sp³-hybridized carbons (Fsp3) is 0.533. The molecule has 0 unspecified atom stereocenters. The van der Waals surface area contributed by atoms with Gasteiger partial charge in [-0.1, -0.05) is 22.9 Å². The Morgan fingerprint density at radius 2 is 2.11 bits per heavy atom. The smallest absolute Gasteiger partial charge is 0.143 e. The van der Waals surface area contributed by atoms with E-state index >= 15 is 0 Å². The highest BCUT2D eigenvalue weighted by molar-refractivity contribution is 9.10. The van der Waals surface area contributed by atoms with Crippen molar-refractivity contribution in [2.45, 2.75) is 32.6 Å². The van der Waals surface area contributed by atoms with Crippen molar-refractivity contribution in [3.8, 4) is 0 Å². The molecule has 1 aliphatic rings. The predicted molar refractivity (Wildman–Crippen MR) is 77.6 cm³/mol. The summed E-state index contributed by atoms with van der Waals surface area (Å²) < 4.78 is 14.1. The molecule has 0 atom stereocenters. The van der Waals surface area contributed by atoms with Gasteiger partial charge in [-0.15, -0.1) is 0 Å². The van der Waals surface area contributed by atoms with Crippen molar-refractivity contribution in [1.29, 1.82) is 0 Å². The molecule has 19 heavy (non-hydrogen) atoms. The Kier molecular flexibility index (Phi) is 4.74. The maximum atomic E-state index is 13.3. The van der Waals surface area contributed by atoms with Gasteiger partial charge in [0.2, 0.25) is 0 Å². The fourth-order valence-corrected chi connectivity index (χ4v) is 3.16. The van der Waals surface area contributed by atoms with Crippen molar-refractivity contribution in [3.63, 3.8) is 0 Å². The van der Waals surface area contributed by atoms with E-state index in [1.54, 1.807) is 6.07 Å². The van der Waals surface area contributed by atoms with Crippen molar-refractivity contribution in [2.75, 3.05) is 13.1 Å². The van der Waals surface area contributed by atoms with Crippen molar-refractivity contribution in [1.82, 2.24) is 5.32 Å². The second kappa shape index (κ2) is 6.14. The predicted octanol–water partition coefficient (Wildman–Crippen LogP) is 3.48. The number of carbonyl (C=O) groups is 1. The van der Waals surface area contributed by atoms with E-state index in [9.17, 15) is 9.18 Å². The van der Waals surface area contributed by atoms with Gasteiger partial charge in [0.25, 0.3) is 0 Å². The van der Waals surface area contributed by atoms with Crippen LogP contribution >= 0.6 is 15.9 Å². The molecular weight excluding hydrogens is 309 g/mol. The number of benzene rings is 1. The van der Waals surface area contributed by atoms with Gasteiger partial charge >= 0.3 is 0 Å². The molecule has 0 spiro atoms. The van der Waals surface area contributed by atoms with Gasteiger partial charge in [-0.05, 0) is 56.1 Å². The van der Waals surface area contributed by atoms with Gasteiger partial charge in [-0.25, -0.2) is 4.39 Å². The van der Waals surface area contributed by atoms with Gasteiger partial charge in [-0.2, -0.15) is 0 Å². The molecule has 1 fully saturated rings. The van der Waals surface area contributed by atoms with Gasteiger partial charge in [-0.3, -0.25) is 4.79 Å². The van der Waals surface area contributed by atoms with Crippen LogP contribution in [0.25, 0.3) is 0 Å². The summed E-state index contributed by atoms with van der Waals surface area (Å²) in [6.45, 7) is 3.86. The number of carbonyl (C=O) groups excluding carboxylic acids is 1. The van der Waals surface area contributed by atoms with E-state index in [1.165, 1.54) is 12.1 Å². The number of rotatable bonds is 4. The van der Waals surface area contributed by atoms with Crippen LogP contribution in [0.5, 0.6) is 0 Å². The standard InChI is InChI=1S/C15H19BrFNO/c1-2-15(5-7-18-8-6-15)14(19)10-11-9-12(17)3-4-13(11)16/h3-4,9,18H,2,5-8,10H2,1H3. The van der Waals surface area contributed by atoms with Crippen LogP contribution in [0.15, 0.2) is 22.7 Å². The lowest BCUT2D eigenvalue weighted by Gasteiger charge is -2.35. The summed E-state index contributed by atoms with van der Waals surface area (Å²) >= 11 is 3.39. The molecule has 1 saturated heterocycles. The van der Waals surface area contributed by atoms with E-state index < -0.39 is 0 Å². The molecule has 0 amide bonds. The molecule has 0 radical (unpaired) electrons. The minimum atomic E-state index is -0.290. The lowest BCUT2D eigenvalue weighted by Crippen LogP contribution is -2.42. The van der Waals surface area contributed by atoms with Gasteiger partial charge < -0.3 is 5.32 Å². The average Bonchev–Trinajstić information content (AvgIpc) is 2.43. The number of hydrogen-bond donors (Lipinski definition) is 1. The Hall–Kier alpha value is -0.740. The normalized spacial score (nSPS) is 18.3. The van der Waals surface area contributed by atoms with Crippen LogP contribution in [0.1, 0.15) is 31.7 Å². The van der Waals surface area contributed by atoms with E-state index in [-0.39, 0.29) is 17.0 Å². The van der Waals surface area contributed by atoms with E-state index in [0.29, 0.717) is 6.42 Å². The third-order valence-corrected chi connectivity index (χ3v) is 4.96. The van der Waals surface area contributed by atoms with Gasteiger partial charge in [0.05, 0.1) is 0 Å². The van der Waals surface area contributed by atoms with Gasteiger partial charge in [0.15, 0.2) is 0 Å². The highest BCUT2D eigenvalue weighted by Crippen LogP contribution is 2.35. The molecule has 1 aromatic rings. The number of ketones is 1. The largest absolute Gasteiger partial charge is 0.317 e. The highest BCUT2D eigenvalue weighted by atomic mass is 79.9. The molecule has 2 nitrogen and oxygen atoms in total. The van der Waals surface area contributed by atoms with Crippen molar-refractivity contribution >= 4 is 21.7 Å². The molecule has 0 bridgehead atoms. The monoisotopic (exact) mass is 327 g/mol. The van der Waals surface area contributed by atoms with Gasteiger partial charge in [0, 0.05) is 16.3 Å². The first kappa shape index (κ1) is 14.7. The molecule has 1 N–H and O–H groups in total. The Morgan fingerprint density at radius 1 is 1.42 bits per heavy atom.